The van der Waals surface area contributed by atoms with Gasteiger partial charge in [-0.05, 0) is 29.3 Å². The van der Waals surface area contributed by atoms with Gasteiger partial charge in [-0.25, -0.2) is 0 Å². The standard InChI is InChI=1S/C16H12BrNO3/c17-14-7-10(9-19)5-6-11(14)8-18-15(20)12-3-1-2-4-13(12)16(18)21/h1-7,19H,8-9H2. The second kappa shape index (κ2) is 5.42. The summed E-state index contributed by atoms with van der Waals surface area (Å²) in [5, 5.41) is 9.10. The second-order valence-corrected chi connectivity index (χ2v) is 5.68. The summed E-state index contributed by atoms with van der Waals surface area (Å²) in [7, 11) is 0. The molecule has 1 aliphatic heterocycles. The number of nitrogens with zero attached hydrogens (tertiary/aromatic N) is 1. The lowest BCUT2D eigenvalue weighted by molar-refractivity contribution is 0.0642. The van der Waals surface area contributed by atoms with Gasteiger partial charge in [0.25, 0.3) is 11.8 Å². The van der Waals surface area contributed by atoms with Crippen LogP contribution >= 0.6 is 15.9 Å². The number of aliphatic hydroxyl groups is 1. The molecule has 21 heavy (non-hydrogen) atoms. The monoisotopic (exact) mass is 345 g/mol. The van der Waals surface area contributed by atoms with Crippen LogP contribution in [0.2, 0.25) is 0 Å². The van der Waals surface area contributed by atoms with Crippen molar-refractivity contribution in [1.29, 1.82) is 0 Å². The van der Waals surface area contributed by atoms with Gasteiger partial charge in [-0.1, -0.05) is 40.2 Å². The fraction of sp³-hybridized carbons (Fsp3) is 0.125. The molecule has 2 amide bonds. The average Bonchev–Trinajstić information content (AvgIpc) is 2.74. The topological polar surface area (TPSA) is 57.6 Å². The Morgan fingerprint density at radius 2 is 1.62 bits per heavy atom. The first-order valence-corrected chi connectivity index (χ1v) is 7.24. The first-order valence-electron chi connectivity index (χ1n) is 6.45. The summed E-state index contributed by atoms with van der Waals surface area (Å²) < 4.78 is 0.769. The maximum absolute atomic E-state index is 12.3. The lowest BCUT2D eigenvalue weighted by Gasteiger charge is -2.15. The number of rotatable bonds is 3. The highest BCUT2D eigenvalue weighted by atomic mass is 79.9. The number of hydrogen-bond donors (Lipinski definition) is 1. The van der Waals surface area contributed by atoms with Gasteiger partial charge >= 0.3 is 0 Å². The number of benzene rings is 2. The molecule has 1 heterocycles. The number of carbonyl (C=O) groups excluding carboxylic acids is 2. The van der Waals surface area contributed by atoms with Crippen molar-refractivity contribution in [2.75, 3.05) is 0 Å². The fourth-order valence-electron chi connectivity index (χ4n) is 2.37. The lowest BCUT2D eigenvalue weighted by atomic mass is 10.1. The van der Waals surface area contributed by atoms with Crippen LogP contribution in [0.25, 0.3) is 0 Å². The van der Waals surface area contributed by atoms with Crippen molar-refractivity contribution in [3.8, 4) is 0 Å². The van der Waals surface area contributed by atoms with E-state index in [2.05, 4.69) is 15.9 Å². The van der Waals surface area contributed by atoms with Gasteiger partial charge in [-0.3, -0.25) is 14.5 Å². The quantitative estimate of drug-likeness (QED) is 0.870. The number of carbonyl (C=O) groups is 2. The zero-order valence-corrected chi connectivity index (χ0v) is 12.6. The van der Waals surface area contributed by atoms with Crippen molar-refractivity contribution in [2.45, 2.75) is 13.2 Å². The predicted molar refractivity (Wildman–Crippen MR) is 80.7 cm³/mol. The summed E-state index contributed by atoms with van der Waals surface area (Å²) in [6.45, 7) is 0.157. The molecule has 1 aliphatic rings. The van der Waals surface area contributed by atoms with Gasteiger partial charge in [0.2, 0.25) is 0 Å². The molecule has 0 aromatic heterocycles. The van der Waals surface area contributed by atoms with Gasteiger partial charge in [-0.2, -0.15) is 0 Å². The van der Waals surface area contributed by atoms with E-state index in [4.69, 9.17) is 5.11 Å². The number of aliphatic hydroxyl groups excluding tert-OH is 1. The molecule has 1 N–H and O–H groups in total. The molecule has 0 saturated carbocycles. The molecule has 0 unspecified atom stereocenters. The van der Waals surface area contributed by atoms with Gasteiger partial charge < -0.3 is 5.11 Å². The van der Waals surface area contributed by atoms with Crippen LogP contribution in [0.5, 0.6) is 0 Å². The number of hydrogen-bond acceptors (Lipinski definition) is 3. The minimum absolute atomic E-state index is 0.0497. The van der Waals surface area contributed by atoms with E-state index in [0.717, 1.165) is 15.6 Å². The minimum atomic E-state index is -0.270. The number of fused-ring (bicyclic) bond motifs is 1. The highest BCUT2D eigenvalue weighted by Gasteiger charge is 2.35. The smallest absolute Gasteiger partial charge is 0.261 e. The van der Waals surface area contributed by atoms with Crippen molar-refractivity contribution in [2.24, 2.45) is 0 Å². The van der Waals surface area contributed by atoms with Crippen LogP contribution < -0.4 is 0 Å². The van der Waals surface area contributed by atoms with E-state index in [-0.39, 0.29) is 25.0 Å². The van der Waals surface area contributed by atoms with E-state index < -0.39 is 0 Å². The fourth-order valence-corrected chi connectivity index (χ4v) is 2.92. The Hall–Kier alpha value is -1.98. The van der Waals surface area contributed by atoms with Gasteiger partial charge in [0.15, 0.2) is 0 Å². The molecule has 0 spiro atoms. The summed E-state index contributed by atoms with van der Waals surface area (Å²) in [6.07, 6.45) is 0. The number of imide groups is 1. The zero-order valence-electron chi connectivity index (χ0n) is 11.0. The first kappa shape index (κ1) is 14.0. The van der Waals surface area contributed by atoms with Gasteiger partial charge in [0.1, 0.15) is 0 Å². The van der Waals surface area contributed by atoms with Crippen LogP contribution in [-0.2, 0) is 13.2 Å². The molecular formula is C16H12BrNO3. The van der Waals surface area contributed by atoms with E-state index in [1.54, 1.807) is 42.5 Å². The molecule has 4 nitrogen and oxygen atoms in total. The van der Waals surface area contributed by atoms with Crippen molar-refractivity contribution >= 4 is 27.7 Å². The molecule has 0 saturated heterocycles. The van der Waals surface area contributed by atoms with Crippen molar-refractivity contribution in [3.63, 3.8) is 0 Å². The molecule has 0 bridgehead atoms. The van der Waals surface area contributed by atoms with Gasteiger partial charge in [-0.15, -0.1) is 0 Å². The summed E-state index contributed by atoms with van der Waals surface area (Å²) in [5.74, 6) is -0.539. The summed E-state index contributed by atoms with van der Waals surface area (Å²) in [4.78, 5) is 25.8. The van der Waals surface area contributed by atoms with E-state index in [9.17, 15) is 9.59 Å². The van der Waals surface area contributed by atoms with E-state index in [1.165, 1.54) is 4.90 Å². The molecule has 5 heteroatoms. The largest absolute Gasteiger partial charge is 0.392 e. The molecule has 2 aromatic rings. The Kier molecular flexibility index (Phi) is 3.61. The second-order valence-electron chi connectivity index (χ2n) is 4.83. The maximum Gasteiger partial charge on any atom is 0.261 e. The van der Waals surface area contributed by atoms with Crippen molar-refractivity contribution in [1.82, 2.24) is 4.90 Å². The molecule has 106 valence electrons. The Morgan fingerprint density at radius 3 is 2.14 bits per heavy atom. The van der Waals surface area contributed by atoms with Crippen LogP contribution in [0.15, 0.2) is 46.9 Å². The number of halogens is 1. The van der Waals surface area contributed by atoms with E-state index in [0.29, 0.717) is 11.1 Å². The Morgan fingerprint density at radius 1 is 1.00 bits per heavy atom. The van der Waals surface area contributed by atoms with Crippen LogP contribution in [0, 0.1) is 0 Å². The van der Waals surface area contributed by atoms with Crippen LogP contribution in [-0.4, -0.2) is 21.8 Å². The lowest BCUT2D eigenvalue weighted by Crippen LogP contribution is -2.29. The average molecular weight is 346 g/mol. The molecular weight excluding hydrogens is 334 g/mol. The van der Waals surface area contributed by atoms with Crippen LogP contribution in [0.1, 0.15) is 31.8 Å². The highest BCUT2D eigenvalue weighted by molar-refractivity contribution is 9.10. The van der Waals surface area contributed by atoms with Crippen molar-refractivity contribution in [3.05, 3.63) is 69.2 Å². The van der Waals surface area contributed by atoms with Crippen LogP contribution in [0.3, 0.4) is 0 Å². The normalized spacial score (nSPS) is 13.7. The van der Waals surface area contributed by atoms with E-state index >= 15 is 0 Å². The Bertz CT molecular complexity index is 707. The Balaban J connectivity index is 1.90. The summed E-state index contributed by atoms with van der Waals surface area (Å²) in [5.41, 5.74) is 2.49. The van der Waals surface area contributed by atoms with Crippen LogP contribution in [0.4, 0.5) is 0 Å². The predicted octanol–water partition coefficient (Wildman–Crippen LogP) is 2.74. The third kappa shape index (κ3) is 2.39. The van der Waals surface area contributed by atoms with Gasteiger partial charge in [0.05, 0.1) is 24.3 Å². The molecule has 3 rings (SSSR count). The molecule has 0 atom stereocenters. The molecule has 0 aliphatic carbocycles. The van der Waals surface area contributed by atoms with Crippen molar-refractivity contribution < 1.29 is 14.7 Å². The zero-order chi connectivity index (χ0) is 15.0. The number of amides is 2. The molecule has 0 fully saturated rings. The highest BCUT2D eigenvalue weighted by Crippen LogP contribution is 2.27. The molecule has 0 radical (unpaired) electrons. The summed E-state index contributed by atoms with van der Waals surface area (Å²) in [6, 6.07) is 12.2. The third-order valence-electron chi connectivity index (χ3n) is 3.51. The maximum atomic E-state index is 12.3. The summed E-state index contributed by atoms with van der Waals surface area (Å²) >= 11 is 3.41. The Labute approximate surface area is 130 Å². The SMILES string of the molecule is O=C1c2ccccc2C(=O)N1Cc1ccc(CO)cc1Br. The third-order valence-corrected chi connectivity index (χ3v) is 4.24. The van der Waals surface area contributed by atoms with E-state index in [1.807, 2.05) is 0 Å². The first-order chi connectivity index (χ1) is 10.1. The molecule has 2 aromatic carbocycles. The minimum Gasteiger partial charge on any atom is -0.392 e. The van der Waals surface area contributed by atoms with Gasteiger partial charge in [0, 0.05) is 4.47 Å².